The van der Waals surface area contributed by atoms with Crippen molar-refractivity contribution >= 4 is 0 Å². The molecule has 68 valence electrons. The van der Waals surface area contributed by atoms with Crippen LogP contribution in [0, 0.1) is 0 Å². The first-order valence-corrected chi connectivity index (χ1v) is 4.17. The highest BCUT2D eigenvalue weighted by molar-refractivity contribution is 5.28. The quantitative estimate of drug-likeness (QED) is 0.639. The average molecular weight is 175 g/mol. The fraction of sp³-hybridized carbons (Fsp3) is 0.167. The minimum absolute atomic E-state index is 0.560. The fourth-order valence-electron chi connectivity index (χ4n) is 1.00. The van der Waals surface area contributed by atoms with Crippen molar-refractivity contribution in [3.63, 3.8) is 0 Å². The second-order valence-corrected chi connectivity index (χ2v) is 2.63. The van der Waals surface area contributed by atoms with E-state index in [1.54, 1.807) is 19.3 Å². The summed E-state index contributed by atoms with van der Waals surface area (Å²) in [4.78, 5) is 0. The Morgan fingerprint density at radius 1 is 1.46 bits per heavy atom. The Kier molecular flexibility index (Phi) is 3.25. The first kappa shape index (κ1) is 8.11. The van der Waals surface area contributed by atoms with Crippen LogP contribution in [0.1, 0.15) is 6.93 Å². The van der Waals surface area contributed by atoms with Gasteiger partial charge in [0.15, 0.2) is 0 Å². The van der Waals surface area contributed by atoms with Crippen molar-refractivity contribution in [1.29, 1.82) is 0 Å². The molecule has 0 saturated heterocycles. The van der Waals surface area contributed by atoms with Gasteiger partial charge in [0, 0.05) is 0 Å². The smallest absolute Gasteiger partial charge is 0.118 e. The number of ether oxygens (including phenoxy) is 1. The number of allylic oxidation sites excluding steroid dienone is 3. The van der Waals surface area contributed by atoms with Gasteiger partial charge >= 0.3 is 0 Å². The maximum absolute atomic E-state index is 7.57. The molecule has 1 rings (SSSR count). The molecule has 0 aliphatic heterocycles. The second-order valence-electron chi connectivity index (χ2n) is 2.63. The van der Waals surface area contributed by atoms with Gasteiger partial charge in [-0.25, -0.2) is 0 Å². The van der Waals surface area contributed by atoms with Crippen LogP contribution in [0.3, 0.4) is 0 Å². The van der Waals surface area contributed by atoms with Gasteiger partial charge in [-0.1, -0.05) is 36.9 Å². The molecule has 0 aromatic heterocycles. The molecular weight excluding hydrogens is 160 g/mol. The normalized spacial score (nSPS) is 12.1. The van der Waals surface area contributed by atoms with Gasteiger partial charge in [0.1, 0.15) is 5.75 Å². The van der Waals surface area contributed by atoms with Crippen LogP contribution < -0.4 is 4.74 Å². The van der Waals surface area contributed by atoms with Crippen LogP contribution in [-0.4, -0.2) is 7.11 Å². The molecule has 0 aliphatic rings. The molecular formula is C12H14O. The molecule has 0 saturated carbocycles. The van der Waals surface area contributed by atoms with Gasteiger partial charge in [0.25, 0.3) is 0 Å². The molecule has 13 heavy (non-hydrogen) atoms. The van der Waals surface area contributed by atoms with E-state index in [1.165, 1.54) is 0 Å². The Morgan fingerprint density at radius 2 is 2.15 bits per heavy atom. The fourth-order valence-corrected chi connectivity index (χ4v) is 1.00. The van der Waals surface area contributed by atoms with E-state index in [2.05, 4.69) is 6.58 Å². The summed E-state index contributed by atoms with van der Waals surface area (Å²) in [5, 5.41) is 0. The Balaban J connectivity index is 2.68. The number of hydrogen-bond acceptors (Lipinski definition) is 1. The van der Waals surface area contributed by atoms with Crippen molar-refractivity contribution in [2.45, 2.75) is 6.42 Å². The summed E-state index contributed by atoms with van der Waals surface area (Å²) in [7, 11) is 1.64. The molecule has 0 heterocycles. The van der Waals surface area contributed by atoms with E-state index in [4.69, 9.17) is 6.11 Å². The molecule has 1 aromatic rings. The van der Waals surface area contributed by atoms with Crippen molar-refractivity contribution in [3.8, 4) is 5.75 Å². The highest BCUT2D eigenvalue weighted by Crippen LogP contribution is 2.11. The Hall–Kier alpha value is -1.50. The zero-order valence-electron chi connectivity index (χ0n) is 8.79. The zero-order chi connectivity index (χ0) is 10.4. The number of methoxy groups -OCH3 is 1. The number of benzene rings is 1. The molecule has 0 atom stereocenters. The van der Waals surface area contributed by atoms with Crippen LogP contribution in [0.5, 0.6) is 5.75 Å². The monoisotopic (exact) mass is 175 g/mol. The molecule has 0 spiro atoms. The van der Waals surface area contributed by atoms with E-state index in [1.807, 2.05) is 24.3 Å². The van der Waals surface area contributed by atoms with Gasteiger partial charge in [-0.05, 0) is 24.1 Å². The van der Waals surface area contributed by atoms with Gasteiger partial charge in [0.2, 0.25) is 0 Å². The highest BCUT2D eigenvalue weighted by atomic mass is 16.5. The van der Waals surface area contributed by atoms with Crippen LogP contribution in [0.25, 0.3) is 0 Å². The first-order chi connectivity index (χ1) is 6.76. The summed E-state index contributed by atoms with van der Waals surface area (Å²) < 4.78 is 12.6. The number of hydrogen-bond donors (Lipinski definition) is 0. The van der Waals surface area contributed by atoms with Gasteiger partial charge in [-0.15, -0.1) is 0 Å². The standard InChI is InChI=1S/C12H14O/c1-3-4-5-6-11-7-9-12(13-2)10-8-11/h3-5,7-10H,1,6H2,2H3/b5-4+/i5D. The lowest BCUT2D eigenvalue weighted by atomic mass is 10.1. The summed E-state index contributed by atoms with van der Waals surface area (Å²) >= 11 is 0. The van der Waals surface area contributed by atoms with Crippen molar-refractivity contribution in [2.24, 2.45) is 0 Å². The van der Waals surface area contributed by atoms with E-state index in [0.29, 0.717) is 12.5 Å². The van der Waals surface area contributed by atoms with E-state index in [0.717, 1.165) is 11.3 Å². The predicted octanol–water partition coefficient (Wildman–Crippen LogP) is 2.98. The number of rotatable bonds is 4. The Bertz CT molecular complexity index is 325. The van der Waals surface area contributed by atoms with Crippen LogP contribution in [0.15, 0.2) is 49.0 Å². The maximum Gasteiger partial charge on any atom is 0.118 e. The third kappa shape index (κ3) is 3.16. The lowest BCUT2D eigenvalue weighted by Gasteiger charge is -2.00. The predicted molar refractivity (Wildman–Crippen MR) is 56.0 cm³/mol. The third-order valence-corrected chi connectivity index (χ3v) is 1.70. The molecule has 0 unspecified atom stereocenters. The molecule has 0 N–H and O–H groups in total. The van der Waals surface area contributed by atoms with Crippen molar-refractivity contribution in [1.82, 2.24) is 0 Å². The van der Waals surface area contributed by atoms with Gasteiger partial charge in [-0.2, -0.15) is 0 Å². The summed E-state index contributed by atoms with van der Waals surface area (Å²) in [6.07, 6.45) is 3.96. The summed E-state index contributed by atoms with van der Waals surface area (Å²) in [6, 6.07) is 8.28. The van der Waals surface area contributed by atoms with E-state index in [9.17, 15) is 0 Å². The van der Waals surface area contributed by atoms with Crippen LogP contribution in [-0.2, 0) is 6.42 Å². The SMILES string of the molecule is [2H]/C(=C\C=C)Cc1ccc(OC)cc1. The average Bonchev–Trinajstić information content (AvgIpc) is 2.19. The second kappa shape index (κ2) is 5.20. The third-order valence-electron chi connectivity index (χ3n) is 1.70. The topological polar surface area (TPSA) is 9.23 Å². The summed E-state index contributed by atoms with van der Waals surface area (Å²) in [6.45, 7) is 3.55. The van der Waals surface area contributed by atoms with E-state index >= 15 is 0 Å². The molecule has 0 radical (unpaired) electrons. The molecule has 0 aliphatic carbocycles. The molecule has 1 nitrogen and oxygen atoms in total. The van der Waals surface area contributed by atoms with Crippen molar-refractivity contribution in [2.75, 3.05) is 7.11 Å². The minimum atomic E-state index is 0.560. The molecule has 0 fully saturated rings. The van der Waals surface area contributed by atoms with Crippen LogP contribution >= 0.6 is 0 Å². The Labute approximate surface area is 80.8 Å². The summed E-state index contributed by atoms with van der Waals surface area (Å²) in [5.74, 6) is 0.841. The van der Waals surface area contributed by atoms with Crippen LogP contribution in [0.2, 0.25) is 0 Å². The van der Waals surface area contributed by atoms with Crippen LogP contribution in [0.4, 0.5) is 0 Å². The molecule has 0 bridgehead atoms. The van der Waals surface area contributed by atoms with Gasteiger partial charge in [-0.3, -0.25) is 0 Å². The van der Waals surface area contributed by atoms with Gasteiger partial charge < -0.3 is 4.74 Å². The Morgan fingerprint density at radius 3 is 2.69 bits per heavy atom. The van der Waals surface area contributed by atoms with Crippen molar-refractivity contribution in [3.05, 3.63) is 54.6 Å². The minimum Gasteiger partial charge on any atom is -0.497 e. The van der Waals surface area contributed by atoms with Crippen molar-refractivity contribution < 1.29 is 6.11 Å². The van der Waals surface area contributed by atoms with Gasteiger partial charge in [0.05, 0.1) is 8.48 Å². The lowest BCUT2D eigenvalue weighted by Crippen LogP contribution is -1.84. The van der Waals surface area contributed by atoms with E-state index < -0.39 is 0 Å². The summed E-state index contributed by atoms with van der Waals surface area (Å²) in [5.41, 5.74) is 1.11. The molecule has 1 aromatic carbocycles. The lowest BCUT2D eigenvalue weighted by molar-refractivity contribution is 0.414. The largest absolute Gasteiger partial charge is 0.497 e. The zero-order valence-corrected chi connectivity index (χ0v) is 7.79. The maximum atomic E-state index is 7.57. The van der Waals surface area contributed by atoms with E-state index in [-0.39, 0.29) is 0 Å². The first-order valence-electron chi connectivity index (χ1n) is 4.67. The molecule has 1 heteroatoms. The highest BCUT2D eigenvalue weighted by Gasteiger charge is 1.90. The molecule has 0 amide bonds.